The highest BCUT2D eigenvalue weighted by Gasteiger charge is 2.37. The van der Waals surface area contributed by atoms with Crippen molar-refractivity contribution in [1.29, 1.82) is 0 Å². The number of rotatable bonds is 12. The number of nitrogens with zero attached hydrogens (tertiary/aromatic N) is 5. The summed E-state index contributed by atoms with van der Waals surface area (Å²) in [6, 6.07) is 10.5. The molecule has 1 aliphatic heterocycles. The maximum absolute atomic E-state index is 13.7. The fourth-order valence-electron chi connectivity index (χ4n) is 5.63. The lowest BCUT2D eigenvalue weighted by atomic mass is 9.97. The zero-order valence-corrected chi connectivity index (χ0v) is 26.9. The van der Waals surface area contributed by atoms with Crippen LogP contribution in [0.1, 0.15) is 42.1 Å². The number of aromatic nitrogens is 3. The van der Waals surface area contributed by atoms with E-state index in [1.54, 1.807) is 25.4 Å². The summed E-state index contributed by atoms with van der Waals surface area (Å²) < 4.78 is 98.4. The highest BCUT2D eigenvalue weighted by atomic mass is 19.4. The summed E-state index contributed by atoms with van der Waals surface area (Å²) in [5, 5.41) is 1.48. The first kappa shape index (κ1) is 35.6. The lowest BCUT2D eigenvalue weighted by Gasteiger charge is -2.32. The summed E-state index contributed by atoms with van der Waals surface area (Å²) in [5.41, 5.74) is -2.01. The molecule has 0 saturated carbocycles. The Morgan fingerprint density at radius 3 is 2.18 bits per heavy atom. The van der Waals surface area contributed by atoms with Crippen molar-refractivity contribution in [2.24, 2.45) is 5.92 Å². The van der Waals surface area contributed by atoms with Gasteiger partial charge in [0, 0.05) is 32.1 Å². The molecule has 15 heteroatoms. The van der Waals surface area contributed by atoms with Crippen LogP contribution in [0, 0.1) is 5.92 Å². The number of ether oxygens (including phenoxy) is 3. The van der Waals surface area contributed by atoms with Crippen LogP contribution in [0.2, 0.25) is 0 Å². The number of hydrogen-bond donors (Lipinski definition) is 0. The lowest BCUT2D eigenvalue weighted by Crippen LogP contribution is -2.37. The minimum absolute atomic E-state index is 0.0629. The van der Waals surface area contributed by atoms with Gasteiger partial charge in [0.1, 0.15) is 6.61 Å². The summed E-state index contributed by atoms with van der Waals surface area (Å²) in [7, 11) is 1.53. The van der Waals surface area contributed by atoms with Crippen LogP contribution in [0.4, 0.5) is 38.0 Å². The van der Waals surface area contributed by atoms with Crippen molar-refractivity contribution in [3.05, 3.63) is 83.3 Å². The zero-order chi connectivity index (χ0) is 35.2. The standard InChI is InChI=1S/C34H35F6N5O4/c1-3-48-31(46)23-8-10-44(11-9-23)28-18-41-32(42-19-28)45(20-22-14-25(33(35,36)37)17-26(15-22)34(38,39)40)21-27-16-24-6-4-5-7-29(24)30(43-27)49-13-12-47-2/h4-7,14-19,23H,3,8-13,20-21H2,1-2H3. The maximum Gasteiger partial charge on any atom is 0.416 e. The zero-order valence-electron chi connectivity index (χ0n) is 26.9. The molecule has 0 N–H and O–H groups in total. The predicted octanol–water partition coefficient (Wildman–Crippen LogP) is 7.07. The first-order valence-electron chi connectivity index (χ1n) is 15.6. The number of hydrogen-bond acceptors (Lipinski definition) is 9. The number of methoxy groups -OCH3 is 1. The molecule has 0 atom stereocenters. The average Bonchev–Trinajstić information content (AvgIpc) is 3.07. The van der Waals surface area contributed by atoms with E-state index < -0.39 is 30.0 Å². The van der Waals surface area contributed by atoms with Gasteiger partial charge in [-0.1, -0.05) is 18.2 Å². The number of esters is 1. The van der Waals surface area contributed by atoms with Gasteiger partial charge in [-0.2, -0.15) is 26.3 Å². The molecule has 0 aliphatic carbocycles. The van der Waals surface area contributed by atoms with E-state index in [1.807, 2.05) is 29.2 Å². The normalized spacial score (nSPS) is 14.2. The Morgan fingerprint density at radius 2 is 1.57 bits per heavy atom. The van der Waals surface area contributed by atoms with E-state index in [-0.39, 0.29) is 42.6 Å². The van der Waals surface area contributed by atoms with Gasteiger partial charge in [0.15, 0.2) is 0 Å². The molecule has 9 nitrogen and oxygen atoms in total. The van der Waals surface area contributed by atoms with Gasteiger partial charge in [-0.05, 0) is 61.0 Å². The van der Waals surface area contributed by atoms with E-state index in [4.69, 9.17) is 14.2 Å². The number of fused-ring (bicyclic) bond motifs is 1. The Morgan fingerprint density at radius 1 is 0.918 bits per heavy atom. The number of halogens is 6. The molecule has 0 unspecified atom stereocenters. The molecule has 5 rings (SSSR count). The van der Waals surface area contributed by atoms with E-state index >= 15 is 0 Å². The van der Waals surface area contributed by atoms with Crippen molar-refractivity contribution < 1.29 is 45.3 Å². The second kappa shape index (κ2) is 15.3. The summed E-state index contributed by atoms with van der Waals surface area (Å²) in [6.45, 7) is 3.18. The molecule has 1 fully saturated rings. The van der Waals surface area contributed by atoms with Crippen LogP contribution in [0.15, 0.2) is 60.9 Å². The van der Waals surface area contributed by atoms with E-state index in [0.717, 1.165) is 5.39 Å². The van der Waals surface area contributed by atoms with Crippen LogP contribution < -0.4 is 14.5 Å². The number of pyridine rings is 1. The number of piperidine rings is 1. The van der Waals surface area contributed by atoms with Gasteiger partial charge in [0.2, 0.25) is 11.8 Å². The molecule has 262 valence electrons. The number of benzene rings is 2. The molecule has 49 heavy (non-hydrogen) atoms. The summed E-state index contributed by atoms with van der Waals surface area (Å²) in [6.07, 6.45) is -5.78. The molecule has 2 aromatic heterocycles. The Kier molecular flexibility index (Phi) is 11.1. The van der Waals surface area contributed by atoms with E-state index in [2.05, 4.69) is 15.0 Å². The third-order valence-electron chi connectivity index (χ3n) is 8.05. The second-order valence-electron chi connectivity index (χ2n) is 11.5. The van der Waals surface area contributed by atoms with Crippen LogP contribution in [0.3, 0.4) is 0 Å². The van der Waals surface area contributed by atoms with Crippen LogP contribution in [-0.2, 0) is 39.7 Å². The number of carbonyl (C=O) groups is 1. The molecule has 1 aliphatic rings. The monoisotopic (exact) mass is 691 g/mol. The van der Waals surface area contributed by atoms with Crippen LogP contribution in [-0.4, -0.2) is 60.9 Å². The average molecular weight is 692 g/mol. The largest absolute Gasteiger partial charge is 0.475 e. The van der Waals surface area contributed by atoms with Crippen LogP contribution in [0.5, 0.6) is 5.88 Å². The highest BCUT2D eigenvalue weighted by molar-refractivity contribution is 5.87. The van der Waals surface area contributed by atoms with Crippen molar-refractivity contribution in [2.75, 3.05) is 49.8 Å². The summed E-state index contributed by atoms with van der Waals surface area (Å²) >= 11 is 0. The lowest BCUT2D eigenvalue weighted by molar-refractivity contribution is -0.148. The van der Waals surface area contributed by atoms with Gasteiger partial charge >= 0.3 is 18.3 Å². The molecule has 0 spiro atoms. The van der Waals surface area contributed by atoms with Crippen molar-refractivity contribution >= 4 is 28.4 Å². The third-order valence-corrected chi connectivity index (χ3v) is 8.05. The first-order chi connectivity index (χ1) is 23.4. The van der Waals surface area contributed by atoms with Crippen LogP contribution >= 0.6 is 0 Å². The van der Waals surface area contributed by atoms with Gasteiger partial charge < -0.3 is 24.0 Å². The summed E-state index contributed by atoms with van der Waals surface area (Å²) in [4.78, 5) is 29.2. The van der Waals surface area contributed by atoms with E-state index in [0.29, 0.717) is 73.9 Å². The Bertz CT molecular complexity index is 1700. The molecule has 4 aromatic rings. The van der Waals surface area contributed by atoms with Gasteiger partial charge in [-0.3, -0.25) is 4.79 Å². The molecular formula is C34H35F6N5O4. The van der Waals surface area contributed by atoms with Crippen molar-refractivity contribution in [2.45, 2.75) is 45.2 Å². The SMILES string of the molecule is CCOC(=O)C1CCN(c2cnc(N(Cc3cc(C(F)(F)F)cc(C(F)(F)F)c3)Cc3cc4ccccc4c(OCCOC)n3)nc2)CC1. The van der Waals surface area contributed by atoms with Crippen molar-refractivity contribution in [3.63, 3.8) is 0 Å². The fourth-order valence-corrected chi connectivity index (χ4v) is 5.63. The number of carbonyl (C=O) groups excluding carboxylic acids is 1. The van der Waals surface area contributed by atoms with E-state index in [1.165, 1.54) is 12.0 Å². The number of alkyl halides is 6. The minimum Gasteiger partial charge on any atom is -0.475 e. The van der Waals surface area contributed by atoms with E-state index in [9.17, 15) is 31.1 Å². The molecule has 1 saturated heterocycles. The molecule has 2 aromatic carbocycles. The quantitative estimate of drug-likeness (QED) is 0.0879. The van der Waals surface area contributed by atoms with Gasteiger partial charge in [0.25, 0.3) is 0 Å². The molecule has 0 radical (unpaired) electrons. The Labute approximate surface area is 278 Å². The maximum atomic E-state index is 13.7. The Hall–Kier alpha value is -4.66. The Balaban J connectivity index is 1.48. The molecule has 3 heterocycles. The van der Waals surface area contributed by atoms with Crippen molar-refractivity contribution in [3.8, 4) is 5.88 Å². The topological polar surface area (TPSA) is 89.9 Å². The number of anilines is 2. The highest BCUT2D eigenvalue weighted by Crippen LogP contribution is 2.37. The van der Waals surface area contributed by atoms with Crippen LogP contribution in [0.25, 0.3) is 10.8 Å². The molecular weight excluding hydrogens is 656 g/mol. The first-order valence-corrected chi connectivity index (χ1v) is 15.6. The minimum atomic E-state index is -5.01. The molecule has 0 bridgehead atoms. The van der Waals surface area contributed by atoms with Gasteiger partial charge in [-0.25, -0.2) is 15.0 Å². The second-order valence-corrected chi connectivity index (χ2v) is 11.5. The van der Waals surface area contributed by atoms with Gasteiger partial charge in [-0.15, -0.1) is 0 Å². The smallest absolute Gasteiger partial charge is 0.416 e. The summed E-state index contributed by atoms with van der Waals surface area (Å²) in [5.74, 6) is -0.0834. The predicted molar refractivity (Wildman–Crippen MR) is 169 cm³/mol. The molecule has 0 amide bonds. The van der Waals surface area contributed by atoms with Crippen molar-refractivity contribution in [1.82, 2.24) is 15.0 Å². The third kappa shape index (κ3) is 9.08. The fraction of sp³-hybridized carbons (Fsp3) is 0.412. The van der Waals surface area contributed by atoms with Gasteiger partial charge in [0.05, 0.1) is 60.6 Å².